The summed E-state index contributed by atoms with van der Waals surface area (Å²) in [5.41, 5.74) is 1.61. The van der Waals surface area contributed by atoms with Gasteiger partial charge in [-0.15, -0.1) is 0 Å². The topological polar surface area (TPSA) is 74.3 Å². The number of amides is 2. The quantitative estimate of drug-likeness (QED) is 0.739. The Kier molecular flexibility index (Phi) is 6.79. The number of likely N-dealkylation sites (tertiary alicyclic amines) is 1. The van der Waals surface area contributed by atoms with E-state index in [0.717, 1.165) is 37.9 Å². The van der Waals surface area contributed by atoms with Crippen molar-refractivity contribution in [3.05, 3.63) is 60.4 Å². The van der Waals surface area contributed by atoms with Crippen LogP contribution in [0.1, 0.15) is 36.0 Å². The van der Waals surface area contributed by atoms with Gasteiger partial charge in [-0.1, -0.05) is 18.2 Å². The second kappa shape index (κ2) is 9.71. The van der Waals surface area contributed by atoms with Crippen molar-refractivity contribution in [3.8, 4) is 0 Å². The molecule has 1 aliphatic heterocycles. The summed E-state index contributed by atoms with van der Waals surface area (Å²) in [6.45, 7) is 1.97. The van der Waals surface area contributed by atoms with Crippen LogP contribution >= 0.6 is 0 Å². The molecular formula is C21H26N4O2. The predicted molar refractivity (Wildman–Crippen MR) is 105 cm³/mol. The Morgan fingerprint density at radius 3 is 2.70 bits per heavy atom. The van der Waals surface area contributed by atoms with Gasteiger partial charge in [-0.05, 0) is 49.9 Å². The molecule has 0 radical (unpaired) electrons. The summed E-state index contributed by atoms with van der Waals surface area (Å²) < 4.78 is 0. The molecule has 1 aromatic heterocycles. The summed E-state index contributed by atoms with van der Waals surface area (Å²) in [4.78, 5) is 31.2. The third-order valence-corrected chi connectivity index (χ3v) is 4.73. The molecule has 2 heterocycles. The summed E-state index contributed by atoms with van der Waals surface area (Å²) in [6, 6.07) is 12.6. The van der Waals surface area contributed by atoms with Crippen molar-refractivity contribution in [2.24, 2.45) is 0 Å². The lowest BCUT2D eigenvalue weighted by Crippen LogP contribution is -2.52. The van der Waals surface area contributed by atoms with Crippen LogP contribution in [0.3, 0.4) is 0 Å². The van der Waals surface area contributed by atoms with Crippen LogP contribution in [0, 0.1) is 0 Å². The van der Waals surface area contributed by atoms with Crippen molar-refractivity contribution in [1.82, 2.24) is 15.2 Å². The highest BCUT2D eigenvalue weighted by molar-refractivity contribution is 5.97. The number of pyridine rings is 1. The zero-order valence-corrected chi connectivity index (χ0v) is 15.4. The molecule has 142 valence electrons. The predicted octanol–water partition coefficient (Wildman–Crippen LogP) is 2.69. The third-order valence-electron chi connectivity index (χ3n) is 4.73. The van der Waals surface area contributed by atoms with Gasteiger partial charge >= 0.3 is 0 Å². The van der Waals surface area contributed by atoms with Gasteiger partial charge in [-0.2, -0.15) is 0 Å². The summed E-state index contributed by atoms with van der Waals surface area (Å²) in [6.07, 6.45) is 6.95. The van der Waals surface area contributed by atoms with Gasteiger partial charge in [0.25, 0.3) is 5.91 Å². The largest absolute Gasteiger partial charge is 0.384 e. The Morgan fingerprint density at radius 2 is 1.93 bits per heavy atom. The molecule has 0 saturated carbocycles. The van der Waals surface area contributed by atoms with Gasteiger partial charge < -0.3 is 15.5 Å². The lowest BCUT2D eigenvalue weighted by Gasteiger charge is -2.34. The maximum Gasteiger partial charge on any atom is 0.254 e. The van der Waals surface area contributed by atoms with E-state index in [4.69, 9.17) is 0 Å². The zero-order valence-electron chi connectivity index (χ0n) is 15.4. The maximum atomic E-state index is 12.8. The number of hydrogen-bond donors (Lipinski definition) is 2. The lowest BCUT2D eigenvalue weighted by molar-refractivity contribution is -0.126. The SMILES string of the molecule is O=C(NCCCNc1cccnc1)C1CCCCN1C(=O)c1ccccc1. The number of carbonyl (C=O) groups excluding carboxylic acids is 2. The number of aromatic nitrogens is 1. The molecule has 1 unspecified atom stereocenters. The second-order valence-electron chi connectivity index (χ2n) is 6.69. The lowest BCUT2D eigenvalue weighted by atomic mass is 10.00. The van der Waals surface area contributed by atoms with Gasteiger partial charge in [0.1, 0.15) is 6.04 Å². The normalized spacial score (nSPS) is 16.6. The molecule has 1 atom stereocenters. The van der Waals surface area contributed by atoms with Crippen molar-refractivity contribution in [1.29, 1.82) is 0 Å². The van der Waals surface area contributed by atoms with E-state index in [0.29, 0.717) is 18.7 Å². The smallest absolute Gasteiger partial charge is 0.254 e. The Balaban J connectivity index is 1.47. The second-order valence-corrected chi connectivity index (χ2v) is 6.69. The molecule has 0 aliphatic carbocycles. The highest BCUT2D eigenvalue weighted by Gasteiger charge is 2.32. The molecule has 0 bridgehead atoms. The molecule has 6 heteroatoms. The van der Waals surface area contributed by atoms with Crippen molar-refractivity contribution in [2.45, 2.75) is 31.7 Å². The van der Waals surface area contributed by atoms with E-state index in [-0.39, 0.29) is 17.9 Å². The van der Waals surface area contributed by atoms with Crippen LogP contribution in [0.2, 0.25) is 0 Å². The number of rotatable bonds is 7. The molecule has 1 saturated heterocycles. The summed E-state index contributed by atoms with van der Waals surface area (Å²) in [5, 5.41) is 6.25. The van der Waals surface area contributed by atoms with E-state index in [1.165, 1.54) is 0 Å². The van der Waals surface area contributed by atoms with E-state index in [9.17, 15) is 9.59 Å². The Hall–Kier alpha value is -2.89. The summed E-state index contributed by atoms with van der Waals surface area (Å²) in [7, 11) is 0. The molecule has 2 amide bonds. The number of hydrogen-bond acceptors (Lipinski definition) is 4. The standard InChI is InChI=1S/C21H26N4O2/c26-20(24-14-7-13-23-18-10-6-12-22-16-18)19-11-4-5-15-25(19)21(27)17-8-2-1-3-9-17/h1-3,6,8-10,12,16,19,23H,4-5,7,11,13-15H2,(H,24,26). The van der Waals surface area contributed by atoms with Crippen LogP contribution < -0.4 is 10.6 Å². The van der Waals surface area contributed by atoms with Crippen LogP contribution in [0.4, 0.5) is 5.69 Å². The van der Waals surface area contributed by atoms with E-state index in [1.54, 1.807) is 29.4 Å². The molecule has 6 nitrogen and oxygen atoms in total. The number of anilines is 1. The van der Waals surface area contributed by atoms with Crippen molar-refractivity contribution in [3.63, 3.8) is 0 Å². The molecule has 0 spiro atoms. The average molecular weight is 366 g/mol. The number of nitrogens with zero attached hydrogens (tertiary/aromatic N) is 2. The van der Waals surface area contributed by atoms with Gasteiger partial charge in [-0.25, -0.2) is 0 Å². The number of nitrogens with one attached hydrogen (secondary N) is 2. The molecule has 27 heavy (non-hydrogen) atoms. The molecule has 2 aromatic rings. The van der Waals surface area contributed by atoms with Crippen molar-refractivity contribution < 1.29 is 9.59 Å². The first-order valence-corrected chi connectivity index (χ1v) is 9.53. The monoisotopic (exact) mass is 366 g/mol. The van der Waals surface area contributed by atoms with Crippen LogP contribution in [0.25, 0.3) is 0 Å². The minimum absolute atomic E-state index is 0.0552. The van der Waals surface area contributed by atoms with Gasteiger partial charge in [0, 0.05) is 37.6 Å². The minimum atomic E-state index is -0.377. The van der Waals surface area contributed by atoms with E-state index in [2.05, 4.69) is 15.6 Å². The molecule has 1 fully saturated rings. The molecule has 2 N–H and O–H groups in total. The summed E-state index contributed by atoms with van der Waals surface area (Å²) in [5.74, 6) is -0.117. The first kappa shape index (κ1) is 18.9. The fraction of sp³-hybridized carbons (Fsp3) is 0.381. The van der Waals surface area contributed by atoms with E-state index in [1.807, 2.05) is 30.3 Å². The summed E-state index contributed by atoms with van der Waals surface area (Å²) >= 11 is 0. The van der Waals surface area contributed by atoms with E-state index < -0.39 is 0 Å². The van der Waals surface area contributed by atoms with Gasteiger partial charge in [0.15, 0.2) is 0 Å². The fourth-order valence-corrected chi connectivity index (χ4v) is 3.31. The Labute approximate surface area is 160 Å². The van der Waals surface area contributed by atoms with Crippen molar-refractivity contribution >= 4 is 17.5 Å². The molecule has 3 rings (SSSR count). The van der Waals surface area contributed by atoms with Crippen LogP contribution in [0.5, 0.6) is 0 Å². The van der Waals surface area contributed by atoms with Gasteiger partial charge in [-0.3, -0.25) is 14.6 Å². The van der Waals surface area contributed by atoms with Crippen LogP contribution in [-0.4, -0.2) is 47.4 Å². The highest BCUT2D eigenvalue weighted by Crippen LogP contribution is 2.20. The zero-order chi connectivity index (χ0) is 18.9. The molecule has 1 aliphatic rings. The fourth-order valence-electron chi connectivity index (χ4n) is 3.31. The maximum absolute atomic E-state index is 12.8. The average Bonchev–Trinajstić information content (AvgIpc) is 2.74. The third kappa shape index (κ3) is 5.29. The molecule has 1 aromatic carbocycles. The molecular weight excluding hydrogens is 340 g/mol. The Morgan fingerprint density at radius 1 is 1.07 bits per heavy atom. The number of piperidine rings is 1. The number of benzene rings is 1. The Bertz CT molecular complexity index is 736. The van der Waals surface area contributed by atoms with E-state index >= 15 is 0 Å². The first-order valence-electron chi connectivity index (χ1n) is 9.53. The highest BCUT2D eigenvalue weighted by atomic mass is 16.2. The van der Waals surface area contributed by atoms with Crippen LogP contribution in [0.15, 0.2) is 54.9 Å². The van der Waals surface area contributed by atoms with Crippen LogP contribution in [-0.2, 0) is 4.79 Å². The van der Waals surface area contributed by atoms with Gasteiger partial charge in [0.05, 0.1) is 5.69 Å². The number of carbonyl (C=O) groups is 2. The first-order chi connectivity index (χ1) is 13.3. The minimum Gasteiger partial charge on any atom is -0.384 e. The van der Waals surface area contributed by atoms with Crippen molar-refractivity contribution in [2.75, 3.05) is 25.0 Å². The van der Waals surface area contributed by atoms with Gasteiger partial charge in [0.2, 0.25) is 5.91 Å².